The number of aromatic nitrogens is 4. The highest BCUT2D eigenvalue weighted by Gasteiger charge is 2.26. The van der Waals surface area contributed by atoms with Gasteiger partial charge in [-0.3, -0.25) is 9.36 Å². The van der Waals surface area contributed by atoms with Gasteiger partial charge in [-0.2, -0.15) is 9.97 Å². The number of imidazole rings is 1. The van der Waals surface area contributed by atoms with Crippen LogP contribution in [0.5, 0.6) is 0 Å². The highest BCUT2D eigenvalue weighted by Crippen LogP contribution is 2.30. The van der Waals surface area contributed by atoms with Gasteiger partial charge in [0, 0.05) is 45.3 Å². The lowest BCUT2D eigenvalue weighted by Crippen LogP contribution is -2.50. The Labute approximate surface area is 194 Å². The van der Waals surface area contributed by atoms with Gasteiger partial charge >= 0.3 is 0 Å². The number of morpholine rings is 1. The predicted molar refractivity (Wildman–Crippen MR) is 122 cm³/mol. The summed E-state index contributed by atoms with van der Waals surface area (Å²) >= 11 is 0. The van der Waals surface area contributed by atoms with Crippen LogP contribution in [0.25, 0.3) is 16.9 Å². The van der Waals surface area contributed by atoms with Crippen LogP contribution >= 0.6 is 0 Å². The van der Waals surface area contributed by atoms with Gasteiger partial charge in [0.1, 0.15) is 11.6 Å². The number of nitrogens with zero attached hydrogens (tertiary/aromatic N) is 7. The van der Waals surface area contributed by atoms with Crippen LogP contribution < -0.4 is 15.5 Å². The van der Waals surface area contributed by atoms with E-state index in [1.807, 2.05) is 9.80 Å². The highest BCUT2D eigenvalue weighted by molar-refractivity contribution is 5.79. The van der Waals surface area contributed by atoms with Crippen molar-refractivity contribution in [3.63, 3.8) is 0 Å². The fourth-order valence-corrected chi connectivity index (χ4v) is 4.34. The second kappa shape index (κ2) is 9.47. The molecule has 0 saturated carbocycles. The summed E-state index contributed by atoms with van der Waals surface area (Å²) in [5.41, 5.74) is 6.52. The zero-order chi connectivity index (χ0) is 23.7. The molecule has 0 aliphatic carbocycles. The summed E-state index contributed by atoms with van der Waals surface area (Å²) in [5.74, 6) is 0.940. The number of hydrogen-bond acceptors (Lipinski definition) is 8. The first-order valence-electron chi connectivity index (χ1n) is 11.3. The lowest BCUT2D eigenvalue weighted by molar-refractivity contribution is -0.129. The first-order valence-corrected chi connectivity index (χ1v) is 11.3. The fourth-order valence-electron chi connectivity index (χ4n) is 4.34. The Morgan fingerprint density at radius 3 is 2.38 bits per heavy atom. The maximum Gasteiger partial charge on any atom is 0.296 e. The Kier molecular flexibility index (Phi) is 6.24. The summed E-state index contributed by atoms with van der Waals surface area (Å²) in [5, 5.41) is 0. The Balaban J connectivity index is 1.58. The SMILES string of the molecule is NCC(=O)N1CCN(c2cc(-n3c(C(F)F)nc4ccccc43)nc(N3CCOCC3)n2)CC1. The van der Waals surface area contributed by atoms with Crippen LogP contribution in [0.4, 0.5) is 20.5 Å². The van der Waals surface area contributed by atoms with Crippen molar-refractivity contribution in [3.8, 4) is 5.82 Å². The number of ether oxygens (including phenoxy) is 1. The average molecular weight is 473 g/mol. The summed E-state index contributed by atoms with van der Waals surface area (Å²) in [6, 6.07) is 8.72. The summed E-state index contributed by atoms with van der Waals surface area (Å²) in [4.78, 5) is 31.3. The molecule has 2 fully saturated rings. The summed E-state index contributed by atoms with van der Waals surface area (Å²) in [6.07, 6.45) is -2.77. The highest BCUT2D eigenvalue weighted by atomic mass is 19.3. The molecule has 3 aromatic rings. The largest absolute Gasteiger partial charge is 0.378 e. The van der Waals surface area contributed by atoms with Crippen LogP contribution in [0.3, 0.4) is 0 Å². The lowest BCUT2D eigenvalue weighted by atomic mass is 10.3. The van der Waals surface area contributed by atoms with E-state index in [1.165, 1.54) is 4.57 Å². The van der Waals surface area contributed by atoms with E-state index in [-0.39, 0.29) is 18.3 Å². The Morgan fingerprint density at radius 1 is 0.971 bits per heavy atom. The van der Waals surface area contributed by atoms with Crippen LogP contribution in [0.1, 0.15) is 12.2 Å². The zero-order valence-electron chi connectivity index (χ0n) is 18.6. The standard InChI is InChI=1S/C22H26F2N8O2/c23-20(24)21-26-15-3-1-2-4-16(15)32(21)18-13-17(27-22(28-18)31-9-11-34-12-10-31)29-5-7-30(8-6-29)19(33)14-25/h1-4,13,20H,5-12,14,25H2. The number of rotatable bonds is 5. The number of fused-ring (bicyclic) bond motifs is 1. The zero-order valence-corrected chi connectivity index (χ0v) is 18.6. The van der Waals surface area contributed by atoms with Crippen molar-refractivity contribution in [2.24, 2.45) is 5.73 Å². The van der Waals surface area contributed by atoms with Gasteiger partial charge in [-0.1, -0.05) is 12.1 Å². The number of piperazine rings is 1. The van der Waals surface area contributed by atoms with Gasteiger partial charge in [-0.15, -0.1) is 0 Å². The van der Waals surface area contributed by atoms with Crippen LogP contribution in [0.2, 0.25) is 0 Å². The van der Waals surface area contributed by atoms with Crippen molar-refractivity contribution in [3.05, 3.63) is 36.2 Å². The number of para-hydroxylation sites is 2. The van der Waals surface area contributed by atoms with Gasteiger partial charge in [-0.05, 0) is 12.1 Å². The number of halogens is 2. The second-order valence-electron chi connectivity index (χ2n) is 8.15. The summed E-state index contributed by atoms with van der Waals surface area (Å²) in [6.45, 7) is 4.40. The number of nitrogens with two attached hydrogens (primary N) is 1. The third-order valence-corrected chi connectivity index (χ3v) is 6.12. The molecule has 2 N–H and O–H groups in total. The molecule has 4 heterocycles. The number of carbonyl (C=O) groups excluding carboxylic acids is 1. The van der Waals surface area contributed by atoms with Gasteiger partial charge in [0.05, 0.1) is 30.8 Å². The van der Waals surface area contributed by atoms with E-state index in [0.717, 1.165) is 0 Å². The number of hydrogen-bond donors (Lipinski definition) is 1. The van der Waals surface area contributed by atoms with Crippen molar-refractivity contribution < 1.29 is 18.3 Å². The maximum absolute atomic E-state index is 14.0. The van der Waals surface area contributed by atoms with Crippen molar-refractivity contribution >= 4 is 28.7 Å². The van der Waals surface area contributed by atoms with Crippen molar-refractivity contribution in [1.29, 1.82) is 0 Å². The number of alkyl halides is 2. The van der Waals surface area contributed by atoms with Gasteiger partial charge in [-0.25, -0.2) is 13.8 Å². The molecule has 2 aliphatic rings. The third kappa shape index (κ3) is 4.26. The molecule has 0 radical (unpaired) electrons. The van der Waals surface area contributed by atoms with Crippen molar-refractivity contribution in [2.45, 2.75) is 6.43 Å². The quantitative estimate of drug-likeness (QED) is 0.591. The molecule has 10 nitrogen and oxygen atoms in total. The molecule has 5 rings (SSSR count). The number of anilines is 2. The minimum Gasteiger partial charge on any atom is -0.378 e. The number of benzene rings is 1. The van der Waals surface area contributed by atoms with Gasteiger partial charge in [0.2, 0.25) is 11.9 Å². The normalized spacial score (nSPS) is 17.1. The van der Waals surface area contributed by atoms with E-state index in [2.05, 4.69) is 9.97 Å². The molecule has 0 atom stereocenters. The van der Waals surface area contributed by atoms with E-state index in [0.29, 0.717) is 81.1 Å². The van der Waals surface area contributed by atoms with Crippen LogP contribution in [-0.2, 0) is 9.53 Å². The predicted octanol–water partition coefficient (Wildman–Crippen LogP) is 1.20. The van der Waals surface area contributed by atoms with Gasteiger partial charge in [0.15, 0.2) is 5.82 Å². The molecular formula is C22H26F2N8O2. The molecule has 0 unspecified atom stereocenters. The Hall–Kier alpha value is -3.38. The summed E-state index contributed by atoms with van der Waals surface area (Å²) < 4.78 is 34.9. The first-order chi connectivity index (χ1) is 16.5. The van der Waals surface area contributed by atoms with Crippen LogP contribution in [0.15, 0.2) is 30.3 Å². The molecule has 34 heavy (non-hydrogen) atoms. The molecule has 180 valence electrons. The minimum atomic E-state index is -2.77. The average Bonchev–Trinajstić information content (AvgIpc) is 3.29. The molecule has 0 spiro atoms. The summed E-state index contributed by atoms with van der Waals surface area (Å²) in [7, 11) is 0. The molecule has 1 amide bonds. The first kappa shape index (κ1) is 22.4. The third-order valence-electron chi connectivity index (χ3n) is 6.12. The van der Waals surface area contributed by atoms with E-state index in [4.69, 9.17) is 15.5 Å². The van der Waals surface area contributed by atoms with Crippen LogP contribution in [0, 0.1) is 0 Å². The Morgan fingerprint density at radius 2 is 1.68 bits per heavy atom. The lowest BCUT2D eigenvalue weighted by Gasteiger charge is -2.36. The Bertz CT molecular complexity index is 1170. The van der Waals surface area contributed by atoms with Gasteiger partial charge < -0.3 is 25.2 Å². The topological polar surface area (TPSA) is 106 Å². The minimum absolute atomic E-state index is 0.0249. The second-order valence-corrected chi connectivity index (χ2v) is 8.15. The van der Waals surface area contributed by atoms with Crippen molar-refractivity contribution in [2.75, 3.05) is 68.8 Å². The number of amides is 1. The fraction of sp³-hybridized carbons (Fsp3) is 0.455. The molecule has 2 saturated heterocycles. The van der Waals surface area contributed by atoms with Crippen LogP contribution in [-0.4, -0.2) is 89.4 Å². The van der Waals surface area contributed by atoms with E-state index >= 15 is 0 Å². The molecule has 0 bridgehead atoms. The van der Waals surface area contributed by atoms with E-state index < -0.39 is 6.43 Å². The molecule has 2 aromatic heterocycles. The monoisotopic (exact) mass is 472 g/mol. The van der Waals surface area contributed by atoms with Crippen molar-refractivity contribution in [1.82, 2.24) is 24.4 Å². The number of carbonyl (C=O) groups is 1. The molecule has 2 aliphatic heterocycles. The maximum atomic E-state index is 14.0. The van der Waals surface area contributed by atoms with E-state index in [1.54, 1.807) is 35.2 Å². The molecular weight excluding hydrogens is 446 g/mol. The van der Waals surface area contributed by atoms with E-state index in [9.17, 15) is 13.6 Å². The smallest absolute Gasteiger partial charge is 0.296 e. The van der Waals surface area contributed by atoms with Gasteiger partial charge in [0.25, 0.3) is 6.43 Å². The molecule has 1 aromatic carbocycles. The molecule has 12 heteroatoms.